The molecule has 118 valence electrons. The highest BCUT2D eigenvalue weighted by Gasteiger charge is 2.11. The van der Waals surface area contributed by atoms with Crippen LogP contribution in [0.5, 0.6) is 0 Å². The summed E-state index contributed by atoms with van der Waals surface area (Å²) < 4.78 is 1.82. The first-order valence-corrected chi connectivity index (χ1v) is 7.44. The number of hydrogen-bond donors (Lipinski definition) is 2. The van der Waals surface area contributed by atoms with Crippen molar-refractivity contribution in [1.29, 1.82) is 0 Å². The molecular formula is C15H15ClN6O. The van der Waals surface area contributed by atoms with Gasteiger partial charge in [-0.15, -0.1) is 0 Å². The van der Waals surface area contributed by atoms with Gasteiger partial charge in [-0.25, -0.2) is 15.0 Å². The van der Waals surface area contributed by atoms with E-state index in [0.29, 0.717) is 23.5 Å². The number of fused-ring (bicyclic) bond motifs is 1. The van der Waals surface area contributed by atoms with Crippen molar-refractivity contribution in [2.45, 2.75) is 6.42 Å². The maximum Gasteiger partial charge on any atom is 0.228 e. The van der Waals surface area contributed by atoms with Crippen LogP contribution in [0.1, 0.15) is 6.42 Å². The summed E-state index contributed by atoms with van der Waals surface area (Å²) in [5.74, 6) is 0.846. The molecule has 0 radical (unpaired) electrons. The zero-order chi connectivity index (χ0) is 16.2. The molecule has 2 N–H and O–H groups in total. The number of hydrogen-bond acceptors (Lipinski definition) is 5. The fourth-order valence-electron chi connectivity index (χ4n) is 2.15. The standard InChI is InChI=1S/C15H15ClN6O/c1-22-12-4-3-10(16)9-11(12)20-15(22)21-13(23)5-8-19-14-17-6-2-7-18-14/h2-4,6-7,9H,5,8H2,1H3,(H,17,18,19)(H,20,21,23). The van der Waals surface area contributed by atoms with Crippen molar-refractivity contribution in [1.82, 2.24) is 19.5 Å². The van der Waals surface area contributed by atoms with Crippen molar-refractivity contribution in [2.24, 2.45) is 7.05 Å². The first-order chi connectivity index (χ1) is 11.1. The third kappa shape index (κ3) is 3.57. The normalized spacial score (nSPS) is 10.7. The summed E-state index contributed by atoms with van der Waals surface area (Å²) in [4.78, 5) is 24.5. The van der Waals surface area contributed by atoms with Gasteiger partial charge in [0, 0.05) is 37.4 Å². The Hall–Kier alpha value is -2.67. The lowest BCUT2D eigenvalue weighted by molar-refractivity contribution is -0.116. The molecule has 0 atom stereocenters. The minimum absolute atomic E-state index is 0.141. The van der Waals surface area contributed by atoms with Crippen molar-refractivity contribution in [3.8, 4) is 0 Å². The summed E-state index contributed by atoms with van der Waals surface area (Å²) in [5, 5.41) is 6.39. The first kappa shape index (κ1) is 15.2. The topological polar surface area (TPSA) is 84.7 Å². The molecule has 3 aromatic rings. The summed E-state index contributed by atoms with van der Waals surface area (Å²) >= 11 is 5.96. The molecule has 0 bridgehead atoms. The van der Waals surface area contributed by atoms with Crippen LogP contribution >= 0.6 is 11.6 Å². The average Bonchev–Trinajstić information content (AvgIpc) is 2.83. The number of carbonyl (C=O) groups is 1. The van der Waals surface area contributed by atoms with Crippen LogP contribution in [0.15, 0.2) is 36.7 Å². The van der Waals surface area contributed by atoms with E-state index in [1.807, 2.05) is 17.7 Å². The number of anilines is 2. The largest absolute Gasteiger partial charge is 0.354 e. The molecule has 8 heteroatoms. The highest BCUT2D eigenvalue weighted by atomic mass is 35.5. The lowest BCUT2D eigenvalue weighted by Gasteiger charge is -2.06. The van der Waals surface area contributed by atoms with Crippen molar-refractivity contribution in [2.75, 3.05) is 17.2 Å². The van der Waals surface area contributed by atoms with Crippen LogP contribution in [0.25, 0.3) is 11.0 Å². The minimum atomic E-state index is -0.141. The minimum Gasteiger partial charge on any atom is -0.354 e. The van der Waals surface area contributed by atoms with E-state index >= 15 is 0 Å². The molecule has 0 saturated heterocycles. The Morgan fingerprint density at radius 1 is 1.30 bits per heavy atom. The molecule has 0 unspecified atom stereocenters. The van der Waals surface area contributed by atoms with Crippen molar-refractivity contribution in [3.05, 3.63) is 41.7 Å². The molecule has 0 aliphatic carbocycles. The fraction of sp³-hybridized carbons (Fsp3) is 0.200. The Kier molecular flexibility index (Phi) is 4.38. The molecule has 0 fully saturated rings. The van der Waals surface area contributed by atoms with Gasteiger partial charge in [0.25, 0.3) is 0 Å². The molecule has 0 aliphatic heterocycles. The van der Waals surface area contributed by atoms with Gasteiger partial charge in [-0.1, -0.05) is 11.6 Å². The second-order valence-electron chi connectivity index (χ2n) is 4.92. The molecule has 7 nitrogen and oxygen atoms in total. The maximum absolute atomic E-state index is 12.0. The van der Waals surface area contributed by atoms with E-state index in [1.54, 1.807) is 30.6 Å². The van der Waals surface area contributed by atoms with Gasteiger partial charge in [0.05, 0.1) is 11.0 Å². The zero-order valence-electron chi connectivity index (χ0n) is 12.5. The summed E-state index contributed by atoms with van der Waals surface area (Å²) in [6.45, 7) is 0.436. The Labute approximate surface area is 137 Å². The molecular weight excluding hydrogens is 316 g/mol. The number of rotatable bonds is 5. The highest BCUT2D eigenvalue weighted by Crippen LogP contribution is 2.21. The average molecular weight is 331 g/mol. The van der Waals surface area contributed by atoms with E-state index < -0.39 is 0 Å². The lowest BCUT2D eigenvalue weighted by Crippen LogP contribution is -2.18. The zero-order valence-corrected chi connectivity index (χ0v) is 13.2. The van der Waals surface area contributed by atoms with Crippen LogP contribution in [-0.2, 0) is 11.8 Å². The van der Waals surface area contributed by atoms with E-state index in [-0.39, 0.29) is 12.3 Å². The summed E-state index contributed by atoms with van der Waals surface area (Å²) in [5.41, 5.74) is 1.65. The quantitative estimate of drug-likeness (QED) is 0.750. The molecule has 0 saturated carbocycles. The van der Waals surface area contributed by atoms with Gasteiger partial charge in [-0.05, 0) is 24.3 Å². The summed E-state index contributed by atoms with van der Waals surface area (Å²) in [6.07, 6.45) is 3.56. The van der Waals surface area contributed by atoms with Crippen molar-refractivity contribution in [3.63, 3.8) is 0 Å². The van der Waals surface area contributed by atoms with E-state index in [9.17, 15) is 4.79 Å². The van der Waals surface area contributed by atoms with Crippen LogP contribution in [0.4, 0.5) is 11.9 Å². The van der Waals surface area contributed by atoms with Gasteiger partial charge in [0.1, 0.15) is 0 Å². The van der Waals surface area contributed by atoms with E-state index in [0.717, 1.165) is 11.0 Å². The fourth-order valence-corrected chi connectivity index (χ4v) is 2.32. The maximum atomic E-state index is 12.0. The summed E-state index contributed by atoms with van der Waals surface area (Å²) in [7, 11) is 1.84. The van der Waals surface area contributed by atoms with Gasteiger partial charge < -0.3 is 9.88 Å². The number of imidazole rings is 1. The number of aryl methyl sites for hydroxylation is 1. The van der Waals surface area contributed by atoms with Crippen molar-refractivity contribution < 1.29 is 4.79 Å². The molecule has 2 heterocycles. The number of benzene rings is 1. The van der Waals surface area contributed by atoms with Gasteiger partial charge in [-0.2, -0.15) is 0 Å². The number of amides is 1. The number of nitrogens with zero attached hydrogens (tertiary/aromatic N) is 4. The third-order valence-electron chi connectivity index (χ3n) is 3.30. The molecule has 2 aromatic heterocycles. The molecule has 1 amide bonds. The number of nitrogens with one attached hydrogen (secondary N) is 2. The molecule has 0 aliphatic rings. The summed E-state index contributed by atoms with van der Waals surface area (Å²) in [6, 6.07) is 7.16. The second-order valence-corrected chi connectivity index (χ2v) is 5.36. The number of carbonyl (C=O) groups excluding carboxylic acids is 1. The van der Waals surface area contributed by atoms with Gasteiger partial charge in [-0.3, -0.25) is 10.1 Å². The Morgan fingerprint density at radius 2 is 2.09 bits per heavy atom. The predicted molar refractivity (Wildman–Crippen MR) is 89.5 cm³/mol. The Morgan fingerprint density at radius 3 is 2.87 bits per heavy atom. The van der Waals surface area contributed by atoms with Crippen molar-refractivity contribution >= 4 is 40.4 Å². The van der Waals surface area contributed by atoms with Gasteiger partial charge in [0.2, 0.25) is 17.8 Å². The molecule has 1 aromatic carbocycles. The third-order valence-corrected chi connectivity index (χ3v) is 3.53. The lowest BCUT2D eigenvalue weighted by atomic mass is 10.3. The van der Waals surface area contributed by atoms with Crippen LogP contribution in [0.3, 0.4) is 0 Å². The smallest absolute Gasteiger partial charge is 0.228 e. The second kappa shape index (κ2) is 6.62. The van der Waals surface area contributed by atoms with Crippen LogP contribution in [0.2, 0.25) is 5.02 Å². The number of halogens is 1. The predicted octanol–water partition coefficient (Wildman–Crippen LogP) is 2.46. The van der Waals surface area contributed by atoms with E-state index in [4.69, 9.17) is 11.6 Å². The highest BCUT2D eigenvalue weighted by molar-refractivity contribution is 6.31. The van der Waals surface area contributed by atoms with Crippen LogP contribution in [-0.4, -0.2) is 32.0 Å². The van der Waals surface area contributed by atoms with Gasteiger partial charge in [0.15, 0.2) is 0 Å². The first-order valence-electron chi connectivity index (χ1n) is 7.06. The van der Waals surface area contributed by atoms with E-state index in [2.05, 4.69) is 25.6 Å². The molecule has 23 heavy (non-hydrogen) atoms. The van der Waals surface area contributed by atoms with E-state index in [1.165, 1.54) is 0 Å². The molecule has 0 spiro atoms. The van der Waals surface area contributed by atoms with Crippen LogP contribution in [0, 0.1) is 0 Å². The van der Waals surface area contributed by atoms with Gasteiger partial charge >= 0.3 is 0 Å². The monoisotopic (exact) mass is 330 g/mol. The van der Waals surface area contributed by atoms with Crippen LogP contribution < -0.4 is 10.6 Å². The Bertz CT molecular complexity index is 833. The Balaban J connectivity index is 1.60. The SMILES string of the molecule is Cn1c(NC(=O)CCNc2ncccn2)nc2cc(Cl)ccc21. The number of aromatic nitrogens is 4. The molecule has 3 rings (SSSR count).